The van der Waals surface area contributed by atoms with Crippen molar-refractivity contribution in [2.24, 2.45) is 0 Å². The van der Waals surface area contributed by atoms with E-state index in [-0.39, 0.29) is 0 Å². The van der Waals surface area contributed by atoms with Crippen LogP contribution >= 0.6 is 11.5 Å². The van der Waals surface area contributed by atoms with Crippen LogP contribution in [0.25, 0.3) is 0 Å². The van der Waals surface area contributed by atoms with Gasteiger partial charge in [0.05, 0.1) is 0 Å². The lowest BCUT2D eigenvalue weighted by molar-refractivity contribution is 0.271. The molecule has 0 bridgehead atoms. The zero-order chi connectivity index (χ0) is 13.1. The van der Waals surface area contributed by atoms with Gasteiger partial charge in [0, 0.05) is 19.6 Å². The third kappa shape index (κ3) is 2.42. The van der Waals surface area contributed by atoms with Crippen molar-refractivity contribution in [1.29, 1.82) is 5.26 Å². The van der Waals surface area contributed by atoms with Crippen molar-refractivity contribution in [2.45, 2.75) is 25.8 Å². The highest BCUT2D eigenvalue weighted by atomic mass is 32.1. The first-order chi connectivity index (χ1) is 8.67. The fraction of sp³-hybridized carbons (Fsp3) is 0.667. The Morgan fingerprint density at radius 2 is 2.44 bits per heavy atom. The molecule has 0 spiro atoms. The molecule has 1 atom stereocenters. The van der Waals surface area contributed by atoms with Crippen molar-refractivity contribution < 1.29 is 0 Å². The fourth-order valence-electron chi connectivity index (χ4n) is 2.58. The van der Waals surface area contributed by atoms with E-state index in [2.05, 4.69) is 27.2 Å². The number of hydrogen-bond donors (Lipinski definition) is 1. The van der Waals surface area contributed by atoms with Crippen molar-refractivity contribution in [3.8, 4) is 6.07 Å². The number of likely N-dealkylation sites (tertiary alicyclic amines) is 1. The molecule has 6 heteroatoms. The Labute approximate surface area is 112 Å². The highest BCUT2D eigenvalue weighted by Crippen LogP contribution is 2.30. The number of nitriles is 1. The molecule has 1 aromatic rings. The minimum absolute atomic E-state index is 0.350. The van der Waals surface area contributed by atoms with Gasteiger partial charge >= 0.3 is 0 Å². The van der Waals surface area contributed by atoms with E-state index in [1.165, 1.54) is 30.9 Å². The monoisotopic (exact) mass is 265 g/mol. The minimum atomic E-state index is 0.350. The van der Waals surface area contributed by atoms with Gasteiger partial charge in [-0.1, -0.05) is 6.92 Å². The van der Waals surface area contributed by atoms with E-state index in [9.17, 15) is 0 Å². The maximum Gasteiger partial charge on any atom is 0.157 e. The highest BCUT2D eigenvalue weighted by Gasteiger charge is 2.25. The molecular formula is C12H19N5S. The SMILES string of the molecule is CCN1CCCC1CN(C)c1snc(N)c1C#N. The average Bonchev–Trinajstić information content (AvgIpc) is 2.95. The van der Waals surface area contributed by atoms with E-state index < -0.39 is 0 Å². The van der Waals surface area contributed by atoms with Gasteiger partial charge in [-0.2, -0.15) is 9.64 Å². The largest absolute Gasteiger partial charge is 0.382 e. The summed E-state index contributed by atoms with van der Waals surface area (Å²) in [6.45, 7) is 5.41. The maximum absolute atomic E-state index is 9.10. The molecule has 2 rings (SSSR count). The molecule has 1 aromatic heterocycles. The summed E-state index contributed by atoms with van der Waals surface area (Å²) in [4.78, 5) is 4.61. The second kappa shape index (κ2) is 5.55. The van der Waals surface area contributed by atoms with Crippen LogP contribution in [0.2, 0.25) is 0 Å². The number of nitrogens with two attached hydrogens (primary N) is 1. The number of anilines is 2. The number of likely N-dealkylation sites (N-methyl/N-ethyl adjacent to an activating group) is 2. The van der Waals surface area contributed by atoms with Crippen molar-refractivity contribution in [2.75, 3.05) is 37.3 Å². The van der Waals surface area contributed by atoms with Crippen molar-refractivity contribution in [1.82, 2.24) is 9.27 Å². The van der Waals surface area contributed by atoms with Crippen LogP contribution < -0.4 is 10.6 Å². The second-order valence-electron chi connectivity index (χ2n) is 4.66. The van der Waals surface area contributed by atoms with Gasteiger partial charge in [0.1, 0.15) is 16.6 Å². The summed E-state index contributed by atoms with van der Waals surface area (Å²) >= 11 is 1.31. The summed E-state index contributed by atoms with van der Waals surface area (Å²) in [7, 11) is 2.01. The zero-order valence-electron chi connectivity index (χ0n) is 10.9. The number of nitrogen functional groups attached to an aromatic ring is 1. The van der Waals surface area contributed by atoms with Gasteiger partial charge in [-0.15, -0.1) is 0 Å². The minimum Gasteiger partial charge on any atom is -0.382 e. The molecule has 0 aliphatic carbocycles. The molecule has 1 saturated heterocycles. The first-order valence-corrected chi connectivity index (χ1v) is 7.05. The van der Waals surface area contributed by atoms with Gasteiger partial charge in [-0.05, 0) is 37.5 Å². The van der Waals surface area contributed by atoms with Gasteiger partial charge in [0.25, 0.3) is 0 Å². The molecule has 1 aliphatic rings. The first-order valence-electron chi connectivity index (χ1n) is 6.27. The smallest absolute Gasteiger partial charge is 0.157 e. The van der Waals surface area contributed by atoms with Crippen molar-refractivity contribution >= 4 is 22.4 Å². The maximum atomic E-state index is 9.10. The Balaban J connectivity index is 2.08. The standard InChI is InChI=1S/C12H19N5S/c1-3-17-6-4-5-9(17)8-16(2)12-10(7-13)11(14)15-18-12/h9H,3-6,8H2,1-2H3,(H2,14,15). The first kappa shape index (κ1) is 13.1. The lowest BCUT2D eigenvalue weighted by Gasteiger charge is -2.28. The van der Waals surface area contributed by atoms with Gasteiger partial charge in [0.2, 0.25) is 0 Å². The predicted molar refractivity (Wildman–Crippen MR) is 74.8 cm³/mol. The van der Waals surface area contributed by atoms with Crippen molar-refractivity contribution in [3.05, 3.63) is 5.56 Å². The van der Waals surface area contributed by atoms with Crippen molar-refractivity contribution in [3.63, 3.8) is 0 Å². The van der Waals surface area contributed by atoms with Crippen LogP contribution in [0.3, 0.4) is 0 Å². The summed E-state index contributed by atoms with van der Waals surface area (Å²) in [5, 5.41) is 9.98. The van der Waals surface area contributed by atoms with Crippen LogP contribution in [0.15, 0.2) is 0 Å². The number of hydrogen-bond acceptors (Lipinski definition) is 6. The second-order valence-corrected chi connectivity index (χ2v) is 5.42. The summed E-state index contributed by atoms with van der Waals surface area (Å²) in [5.41, 5.74) is 6.21. The Hall–Kier alpha value is -1.32. The molecule has 0 aromatic carbocycles. The van der Waals surface area contributed by atoms with Gasteiger partial charge in [-0.3, -0.25) is 4.90 Å². The number of aromatic nitrogens is 1. The lowest BCUT2D eigenvalue weighted by Crippen LogP contribution is -2.38. The number of rotatable bonds is 4. The molecular weight excluding hydrogens is 246 g/mol. The molecule has 2 N–H and O–H groups in total. The van der Waals surface area contributed by atoms with E-state index in [4.69, 9.17) is 11.0 Å². The van der Waals surface area contributed by atoms with Gasteiger partial charge < -0.3 is 10.6 Å². The molecule has 1 unspecified atom stereocenters. The predicted octanol–water partition coefficient (Wildman–Crippen LogP) is 1.52. The Morgan fingerprint density at radius 3 is 3.11 bits per heavy atom. The van der Waals surface area contributed by atoms with Crippen LogP contribution in [0, 0.1) is 11.3 Å². The topological polar surface area (TPSA) is 69.2 Å². The zero-order valence-corrected chi connectivity index (χ0v) is 11.7. The third-order valence-electron chi connectivity index (χ3n) is 3.55. The molecule has 0 radical (unpaired) electrons. The normalized spacial score (nSPS) is 19.9. The Bertz CT molecular complexity index is 450. The molecule has 0 saturated carbocycles. The summed E-state index contributed by atoms with van der Waals surface area (Å²) < 4.78 is 4.06. The summed E-state index contributed by atoms with van der Waals surface area (Å²) in [6.07, 6.45) is 2.50. The number of nitrogens with zero attached hydrogens (tertiary/aromatic N) is 4. The molecule has 1 aliphatic heterocycles. The molecule has 1 fully saturated rings. The van der Waals surface area contributed by atoms with E-state index in [0.29, 0.717) is 17.4 Å². The van der Waals surface area contributed by atoms with Gasteiger partial charge in [-0.25, -0.2) is 0 Å². The van der Waals surface area contributed by atoms with Crippen LogP contribution in [0.4, 0.5) is 10.8 Å². The average molecular weight is 265 g/mol. The summed E-state index contributed by atoms with van der Waals surface area (Å²) in [6, 6.07) is 2.72. The molecule has 18 heavy (non-hydrogen) atoms. The van der Waals surface area contributed by atoms with E-state index in [1.54, 1.807) is 0 Å². The lowest BCUT2D eigenvalue weighted by atomic mass is 10.2. The van der Waals surface area contributed by atoms with E-state index in [1.807, 2.05) is 7.05 Å². The van der Waals surface area contributed by atoms with Gasteiger partial charge in [0.15, 0.2) is 5.82 Å². The quantitative estimate of drug-likeness (QED) is 0.894. The Morgan fingerprint density at radius 1 is 1.67 bits per heavy atom. The fourth-order valence-corrected chi connectivity index (χ4v) is 3.31. The van der Waals surface area contributed by atoms with E-state index >= 15 is 0 Å². The van der Waals surface area contributed by atoms with Crippen LogP contribution in [0.5, 0.6) is 0 Å². The van der Waals surface area contributed by atoms with E-state index in [0.717, 1.165) is 18.1 Å². The molecule has 0 amide bonds. The highest BCUT2D eigenvalue weighted by molar-refractivity contribution is 7.10. The van der Waals surface area contributed by atoms with Crippen LogP contribution in [0.1, 0.15) is 25.3 Å². The third-order valence-corrected chi connectivity index (χ3v) is 4.53. The van der Waals surface area contributed by atoms with Crippen LogP contribution in [-0.2, 0) is 0 Å². The molecule has 98 valence electrons. The summed E-state index contributed by atoms with van der Waals surface area (Å²) in [5.74, 6) is 0.350. The Kier molecular flexibility index (Phi) is 4.04. The molecule has 5 nitrogen and oxygen atoms in total. The van der Waals surface area contributed by atoms with Crippen LogP contribution in [-0.4, -0.2) is 42.0 Å². The molecule has 2 heterocycles.